The van der Waals surface area contributed by atoms with Crippen molar-refractivity contribution in [1.82, 2.24) is 14.5 Å². The second-order valence-corrected chi connectivity index (χ2v) is 11.4. The number of aromatic nitrogens is 3. The zero-order valence-corrected chi connectivity index (χ0v) is 23.5. The normalized spacial score (nSPS) is 12.1. The Balaban J connectivity index is 1.35. The maximum atomic E-state index is 6.26. The van der Waals surface area contributed by atoms with Crippen LogP contribution in [0.15, 0.2) is 144 Å². The Morgan fingerprint density at radius 2 is 1.20 bits per heavy atom. The molecule has 0 spiro atoms. The highest BCUT2D eigenvalue weighted by Gasteiger charge is 2.20. The lowest BCUT2D eigenvalue weighted by Crippen LogP contribution is -2.03. The standard InChI is InChI=1S/C40H23N3O/c1-2-12-26-24(10-1)11-9-16-28(26)39-29-14-3-6-17-33(29)41-40(42-39)43-34-18-7-4-13-27(34)32-22-25-20-21-37-38(31(25)23-35(32)43)30-15-5-8-19-36(30)44-37/h1-23H. The van der Waals surface area contributed by atoms with E-state index < -0.39 is 0 Å². The Hall–Kier alpha value is -6.00. The maximum Gasteiger partial charge on any atom is 0.235 e. The van der Waals surface area contributed by atoms with Crippen LogP contribution in [0.2, 0.25) is 0 Å². The zero-order valence-electron chi connectivity index (χ0n) is 23.5. The summed E-state index contributed by atoms with van der Waals surface area (Å²) in [6.45, 7) is 0. The van der Waals surface area contributed by atoms with Crippen LogP contribution in [0.5, 0.6) is 0 Å². The first-order chi connectivity index (χ1) is 21.8. The van der Waals surface area contributed by atoms with Gasteiger partial charge in [-0.05, 0) is 57.9 Å². The van der Waals surface area contributed by atoms with E-state index in [2.05, 4.69) is 126 Å². The SMILES string of the molecule is c1ccc2c(-c3nc(-n4c5ccccc5c5cc6ccc7oc8ccccc8c7c6cc54)nc4ccccc34)cccc2c1. The molecule has 0 saturated carbocycles. The highest BCUT2D eigenvalue weighted by molar-refractivity contribution is 6.23. The van der Waals surface area contributed by atoms with Gasteiger partial charge in [0.1, 0.15) is 11.2 Å². The molecule has 0 aliphatic rings. The summed E-state index contributed by atoms with van der Waals surface area (Å²) >= 11 is 0. The van der Waals surface area contributed by atoms with Crippen molar-refractivity contribution in [1.29, 1.82) is 0 Å². The molecule has 0 saturated heterocycles. The summed E-state index contributed by atoms with van der Waals surface area (Å²) in [5, 5.41) is 10.3. The monoisotopic (exact) mass is 561 g/mol. The minimum Gasteiger partial charge on any atom is -0.456 e. The minimum absolute atomic E-state index is 0.654. The molecule has 0 bridgehead atoms. The summed E-state index contributed by atoms with van der Waals surface area (Å²) < 4.78 is 8.49. The van der Waals surface area contributed by atoms with Gasteiger partial charge in [-0.1, -0.05) is 103 Å². The lowest BCUT2D eigenvalue weighted by Gasteiger charge is -2.13. The molecule has 0 atom stereocenters. The number of hydrogen-bond acceptors (Lipinski definition) is 3. The number of benzene rings is 7. The molecule has 0 radical (unpaired) electrons. The number of rotatable bonds is 2. The average Bonchev–Trinajstić information content (AvgIpc) is 3.62. The van der Waals surface area contributed by atoms with Gasteiger partial charge in [0, 0.05) is 32.5 Å². The molecule has 0 aliphatic heterocycles. The maximum absolute atomic E-state index is 6.26. The van der Waals surface area contributed by atoms with E-state index in [1.54, 1.807) is 0 Å². The molecule has 10 aromatic rings. The molecule has 0 fully saturated rings. The van der Waals surface area contributed by atoms with Crippen molar-refractivity contribution < 1.29 is 4.42 Å². The number of fused-ring (bicyclic) bond motifs is 10. The zero-order chi connectivity index (χ0) is 28.8. The van der Waals surface area contributed by atoms with Gasteiger partial charge in [-0.2, -0.15) is 0 Å². The minimum atomic E-state index is 0.654. The van der Waals surface area contributed by atoms with Crippen molar-refractivity contribution in [3.05, 3.63) is 140 Å². The first-order valence-corrected chi connectivity index (χ1v) is 14.8. The molecular formula is C40H23N3O. The molecule has 204 valence electrons. The van der Waals surface area contributed by atoms with Gasteiger partial charge < -0.3 is 4.42 Å². The smallest absolute Gasteiger partial charge is 0.235 e. The van der Waals surface area contributed by atoms with Crippen LogP contribution >= 0.6 is 0 Å². The van der Waals surface area contributed by atoms with Crippen LogP contribution in [0.3, 0.4) is 0 Å². The van der Waals surface area contributed by atoms with Gasteiger partial charge in [0.2, 0.25) is 5.95 Å². The highest BCUT2D eigenvalue weighted by Crippen LogP contribution is 2.40. The molecule has 0 unspecified atom stereocenters. The largest absolute Gasteiger partial charge is 0.456 e. The van der Waals surface area contributed by atoms with E-state index in [0.717, 1.165) is 60.5 Å². The lowest BCUT2D eigenvalue weighted by atomic mass is 9.99. The molecule has 4 heteroatoms. The van der Waals surface area contributed by atoms with E-state index in [1.807, 2.05) is 18.2 Å². The van der Waals surface area contributed by atoms with Gasteiger partial charge in [-0.15, -0.1) is 0 Å². The predicted molar refractivity (Wildman–Crippen MR) is 182 cm³/mol. The highest BCUT2D eigenvalue weighted by atomic mass is 16.3. The van der Waals surface area contributed by atoms with Crippen LogP contribution in [0.25, 0.3) is 93.4 Å². The summed E-state index contributed by atoms with van der Waals surface area (Å²) in [5.41, 5.74) is 6.86. The van der Waals surface area contributed by atoms with Crippen LogP contribution in [0.4, 0.5) is 0 Å². The van der Waals surface area contributed by atoms with Crippen molar-refractivity contribution in [3.63, 3.8) is 0 Å². The van der Waals surface area contributed by atoms with Crippen molar-refractivity contribution in [2.75, 3.05) is 0 Å². The van der Waals surface area contributed by atoms with Gasteiger partial charge in [0.25, 0.3) is 0 Å². The number of nitrogens with zero attached hydrogens (tertiary/aromatic N) is 3. The predicted octanol–water partition coefficient (Wildman–Crippen LogP) is 10.6. The molecular weight excluding hydrogens is 538 g/mol. The molecule has 44 heavy (non-hydrogen) atoms. The van der Waals surface area contributed by atoms with Crippen molar-refractivity contribution >= 4 is 76.2 Å². The first kappa shape index (κ1) is 23.6. The third-order valence-electron chi connectivity index (χ3n) is 8.99. The fourth-order valence-electron chi connectivity index (χ4n) is 7.03. The van der Waals surface area contributed by atoms with Crippen molar-refractivity contribution in [2.24, 2.45) is 0 Å². The Morgan fingerprint density at radius 3 is 2.14 bits per heavy atom. The van der Waals surface area contributed by atoms with E-state index >= 15 is 0 Å². The third kappa shape index (κ3) is 3.22. The van der Waals surface area contributed by atoms with E-state index in [9.17, 15) is 0 Å². The van der Waals surface area contributed by atoms with Gasteiger partial charge in [-0.25, -0.2) is 9.97 Å². The third-order valence-corrected chi connectivity index (χ3v) is 8.99. The molecule has 10 rings (SSSR count). The topological polar surface area (TPSA) is 43.9 Å². The Kier molecular flexibility index (Phi) is 4.69. The molecule has 3 heterocycles. The Labute approximate surface area is 251 Å². The second-order valence-electron chi connectivity index (χ2n) is 11.4. The summed E-state index contributed by atoms with van der Waals surface area (Å²) in [6, 6.07) is 48.9. The Bertz CT molecular complexity index is 2780. The molecule has 4 nitrogen and oxygen atoms in total. The summed E-state index contributed by atoms with van der Waals surface area (Å²) in [7, 11) is 0. The Morgan fingerprint density at radius 1 is 0.455 bits per heavy atom. The fourth-order valence-corrected chi connectivity index (χ4v) is 7.03. The quantitative estimate of drug-likeness (QED) is 0.211. The molecule has 0 amide bonds. The average molecular weight is 562 g/mol. The fraction of sp³-hybridized carbons (Fsp3) is 0. The van der Waals surface area contributed by atoms with Gasteiger partial charge in [0.15, 0.2) is 0 Å². The first-order valence-electron chi connectivity index (χ1n) is 14.8. The summed E-state index contributed by atoms with van der Waals surface area (Å²) in [5.74, 6) is 0.654. The molecule has 3 aromatic heterocycles. The summed E-state index contributed by atoms with van der Waals surface area (Å²) in [4.78, 5) is 10.6. The van der Waals surface area contributed by atoms with Crippen molar-refractivity contribution in [2.45, 2.75) is 0 Å². The number of para-hydroxylation sites is 3. The van der Waals surface area contributed by atoms with Gasteiger partial charge >= 0.3 is 0 Å². The molecule has 7 aromatic carbocycles. The summed E-state index contributed by atoms with van der Waals surface area (Å²) in [6.07, 6.45) is 0. The number of hydrogen-bond donors (Lipinski definition) is 0. The van der Waals surface area contributed by atoms with E-state index in [0.29, 0.717) is 5.95 Å². The molecule has 0 N–H and O–H groups in total. The van der Waals surface area contributed by atoms with Crippen LogP contribution < -0.4 is 0 Å². The second kappa shape index (κ2) is 8.76. The van der Waals surface area contributed by atoms with E-state index in [1.165, 1.54) is 26.9 Å². The van der Waals surface area contributed by atoms with Gasteiger partial charge in [-0.3, -0.25) is 4.57 Å². The van der Waals surface area contributed by atoms with E-state index in [4.69, 9.17) is 14.4 Å². The van der Waals surface area contributed by atoms with Crippen LogP contribution in [-0.2, 0) is 0 Å². The van der Waals surface area contributed by atoms with Crippen LogP contribution in [-0.4, -0.2) is 14.5 Å². The van der Waals surface area contributed by atoms with Crippen molar-refractivity contribution in [3.8, 4) is 17.2 Å². The lowest BCUT2D eigenvalue weighted by molar-refractivity contribution is 0.669. The van der Waals surface area contributed by atoms with Gasteiger partial charge in [0.05, 0.1) is 22.2 Å². The van der Waals surface area contributed by atoms with Crippen LogP contribution in [0.1, 0.15) is 0 Å². The van der Waals surface area contributed by atoms with E-state index in [-0.39, 0.29) is 0 Å². The van der Waals surface area contributed by atoms with Crippen LogP contribution in [0, 0.1) is 0 Å². The molecule has 0 aliphatic carbocycles. The number of furan rings is 1.